The first-order chi connectivity index (χ1) is 8.02. The number of aliphatic hydroxyl groups is 1. The van der Waals surface area contributed by atoms with Gasteiger partial charge in [0.25, 0.3) is 5.56 Å². The van der Waals surface area contributed by atoms with Crippen LogP contribution < -0.4 is 11.2 Å². The Morgan fingerprint density at radius 3 is 2.88 bits per heavy atom. The fourth-order valence-corrected chi connectivity index (χ4v) is 2.05. The van der Waals surface area contributed by atoms with Gasteiger partial charge in [-0.25, -0.2) is 4.79 Å². The van der Waals surface area contributed by atoms with Gasteiger partial charge in [-0.15, -0.1) is 0 Å². The van der Waals surface area contributed by atoms with Crippen LogP contribution in [0.4, 0.5) is 0 Å². The lowest BCUT2D eigenvalue weighted by atomic mass is 10.1. The Morgan fingerprint density at radius 1 is 1.59 bits per heavy atom. The Balaban J connectivity index is 2.34. The van der Waals surface area contributed by atoms with E-state index in [9.17, 15) is 14.7 Å². The lowest BCUT2D eigenvalue weighted by Crippen LogP contribution is -2.33. The normalized spacial score (nSPS) is 28.5. The third-order valence-electron chi connectivity index (χ3n) is 3.06. The summed E-state index contributed by atoms with van der Waals surface area (Å²) in [7, 11) is 0. The fraction of sp³-hybridized carbons (Fsp3) is 0.636. The number of hydrogen-bond acceptors (Lipinski definition) is 4. The molecule has 0 amide bonds. The van der Waals surface area contributed by atoms with Crippen molar-refractivity contribution in [2.45, 2.75) is 45.1 Å². The predicted octanol–water partition coefficient (Wildman–Crippen LogP) is -0.0966. The number of ether oxygens (including phenoxy) is 1. The molecule has 0 aliphatic carbocycles. The lowest BCUT2D eigenvalue weighted by Gasteiger charge is -2.14. The first-order valence-electron chi connectivity index (χ1n) is 5.68. The van der Waals surface area contributed by atoms with Gasteiger partial charge in [0.1, 0.15) is 6.23 Å². The van der Waals surface area contributed by atoms with Gasteiger partial charge in [0.05, 0.1) is 12.2 Å². The molecule has 1 aromatic heterocycles. The molecule has 1 aromatic rings. The van der Waals surface area contributed by atoms with E-state index in [1.807, 2.05) is 6.92 Å². The lowest BCUT2D eigenvalue weighted by molar-refractivity contribution is -0.0218. The monoisotopic (exact) mass is 240 g/mol. The second-order valence-electron chi connectivity index (χ2n) is 4.32. The molecule has 0 spiro atoms. The van der Waals surface area contributed by atoms with E-state index in [0.29, 0.717) is 18.4 Å². The van der Waals surface area contributed by atoms with Crippen LogP contribution in [0.5, 0.6) is 0 Å². The largest absolute Gasteiger partial charge is 0.390 e. The highest BCUT2D eigenvalue weighted by atomic mass is 16.5. The second-order valence-corrected chi connectivity index (χ2v) is 4.32. The Morgan fingerprint density at radius 2 is 2.29 bits per heavy atom. The standard InChI is InChI=1S/C11H16N2O4/c1-3-8-7(14)4-9(17-8)13-5-6(2)10(15)12-11(13)16/h5,7-9,14H,3-4H2,1-2H3,(H,12,15,16)/t7-,8-,9+/m0/s1. The van der Waals surface area contributed by atoms with Crippen LogP contribution in [-0.2, 0) is 4.74 Å². The van der Waals surface area contributed by atoms with Crippen molar-refractivity contribution in [3.63, 3.8) is 0 Å². The Bertz CT molecular complexity index is 519. The molecule has 6 heteroatoms. The molecule has 3 atom stereocenters. The number of aromatic nitrogens is 2. The zero-order valence-electron chi connectivity index (χ0n) is 9.84. The minimum Gasteiger partial charge on any atom is -0.390 e. The molecule has 2 N–H and O–H groups in total. The van der Waals surface area contributed by atoms with Crippen LogP contribution in [-0.4, -0.2) is 26.9 Å². The summed E-state index contributed by atoms with van der Waals surface area (Å²) >= 11 is 0. The van der Waals surface area contributed by atoms with E-state index < -0.39 is 23.6 Å². The maximum absolute atomic E-state index is 11.6. The van der Waals surface area contributed by atoms with Crippen LogP contribution in [0, 0.1) is 6.92 Å². The van der Waals surface area contributed by atoms with E-state index in [-0.39, 0.29) is 6.10 Å². The molecule has 0 unspecified atom stereocenters. The van der Waals surface area contributed by atoms with Gasteiger partial charge in [-0.1, -0.05) is 6.92 Å². The van der Waals surface area contributed by atoms with E-state index in [1.54, 1.807) is 6.92 Å². The van der Waals surface area contributed by atoms with Crippen molar-refractivity contribution in [1.82, 2.24) is 9.55 Å². The Hall–Kier alpha value is -1.40. The van der Waals surface area contributed by atoms with E-state index in [2.05, 4.69) is 4.98 Å². The van der Waals surface area contributed by atoms with Crippen molar-refractivity contribution in [3.05, 3.63) is 32.6 Å². The molecule has 1 aliphatic rings. The molecule has 94 valence electrons. The summed E-state index contributed by atoms with van der Waals surface area (Å²) in [6.07, 6.45) is 1.20. The number of aromatic amines is 1. The number of aryl methyl sites for hydroxylation is 1. The average molecular weight is 240 g/mol. The topological polar surface area (TPSA) is 84.3 Å². The maximum atomic E-state index is 11.6. The van der Waals surface area contributed by atoms with Crippen molar-refractivity contribution < 1.29 is 9.84 Å². The Kier molecular flexibility index (Phi) is 3.17. The van der Waals surface area contributed by atoms with Crippen LogP contribution in [0.25, 0.3) is 0 Å². The third-order valence-corrected chi connectivity index (χ3v) is 3.06. The minimum absolute atomic E-state index is 0.251. The SMILES string of the molecule is CC[C@@H]1O[C@@H](n2cc(C)c(=O)[nH]c2=O)C[C@@H]1O. The summed E-state index contributed by atoms with van der Waals surface area (Å²) < 4.78 is 6.90. The van der Waals surface area contributed by atoms with Gasteiger partial charge >= 0.3 is 5.69 Å². The number of nitrogens with one attached hydrogen (secondary N) is 1. The zero-order chi connectivity index (χ0) is 12.6. The first-order valence-corrected chi connectivity index (χ1v) is 5.68. The molecule has 17 heavy (non-hydrogen) atoms. The van der Waals surface area contributed by atoms with Crippen molar-refractivity contribution in [3.8, 4) is 0 Å². The number of H-pyrrole nitrogens is 1. The number of aliphatic hydroxyl groups excluding tert-OH is 1. The molecular weight excluding hydrogens is 224 g/mol. The van der Waals surface area contributed by atoms with Gasteiger partial charge in [-0.2, -0.15) is 0 Å². The molecule has 0 radical (unpaired) electrons. The maximum Gasteiger partial charge on any atom is 0.330 e. The predicted molar refractivity (Wildman–Crippen MR) is 60.9 cm³/mol. The summed E-state index contributed by atoms with van der Waals surface area (Å²) in [5, 5.41) is 9.72. The molecule has 1 saturated heterocycles. The van der Waals surface area contributed by atoms with E-state index in [1.165, 1.54) is 10.8 Å². The quantitative estimate of drug-likeness (QED) is 0.756. The second kappa shape index (κ2) is 4.46. The molecule has 0 bridgehead atoms. The van der Waals surface area contributed by atoms with E-state index >= 15 is 0 Å². The van der Waals surface area contributed by atoms with Gasteiger partial charge in [-0.3, -0.25) is 14.3 Å². The smallest absolute Gasteiger partial charge is 0.330 e. The summed E-state index contributed by atoms with van der Waals surface area (Å²) in [6, 6.07) is 0. The molecule has 1 fully saturated rings. The van der Waals surface area contributed by atoms with Gasteiger partial charge < -0.3 is 9.84 Å². The van der Waals surface area contributed by atoms with Crippen LogP contribution >= 0.6 is 0 Å². The average Bonchev–Trinajstić information content (AvgIpc) is 2.65. The first kappa shape index (κ1) is 12.1. The van der Waals surface area contributed by atoms with Crippen LogP contribution in [0.3, 0.4) is 0 Å². The van der Waals surface area contributed by atoms with Crippen molar-refractivity contribution in [2.24, 2.45) is 0 Å². The molecule has 2 heterocycles. The summed E-state index contributed by atoms with van der Waals surface area (Å²) in [4.78, 5) is 25.1. The van der Waals surface area contributed by atoms with Gasteiger partial charge in [-0.05, 0) is 13.3 Å². The van der Waals surface area contributed by atoms with Crippen LogP contribution in [0.15, 0.2) is 15.8 Å². The van der Waals surface area contributed by atoms with Gasteiger partial charge in [0, 0.05) is 18.2 Å². The molecular formula is C11H16N2O4. The zero-order valence-corrected chi connectivity index (χ0v) is 9.84. The summed E-state index contributed by atoms with van der Waals surface area (Å²) in [5.74, 6) is 0. The highest BCUT2D eigenvalue weighted by Gasteiger charge is 2.34. The van der Waals surface area contributed by atoms with Gasteiger partial charge in [0.15, 0.2) is 0 Å². The van der Waals surface area contributed by atoms with Crippen molar-refractivity contribution in [1.29, 1.82) is 0 Å². The highest BCUT2D eigenvalue weighted by Crippen LogP contribution is 2.28. The summed E-state index contributed by atoms with van der Waals surface area (Å²) in [5.41, 5.74) is -0.450. The highest BCUT2D eigenvalue weighted by molar-refractivity contribution is 5.01. The fourth-order valence-electron chi connectivity index (χ4n) is 2.05. The molecule has 2 rings (SSSR count). The minimum atomic E-state index is -0.566. The summed E-state index contributed by atoms with van der Waals surface area (Å²) in [6.45, 7) is 3.54. The number of nitrogens with zero attached hydrogens (tertiary/aromatic N) is 1. The number of rotatable bonds is 2. The van der Waals surface area contributed by atoms with Crippen molar-refractivity contribution in [2.75, 3.05) is 0 Å². The Labute approximate surface area is 97.9 Å². The molecule has 1 aliphatic heterocycles. The van der Waals surface area contributed by atoms with Gasteiger partial charge in [0.2, 0.25) is 0 Å². The molecule has 0 saturated carbocycles. The molecule has 6 nitrogen and oxygen atoms in total. The van der Waals surface area contributed by atoms with Crippen LogP contribution in [0.1, 0.15) is 31.6 Å². The van der Waals surface area contributed by atoms with E-state index in [0.717, 1.165) is 0 Å². The van der Waals surface area contributed by atoms with Crippen molar-refractivity contribution >= 4 is 0 Å². The van der Waals surface area contributed by atoms with E-state index in [4.69, 9.17) is 4.74 Å². The van der Waals surface area contributed by atoms with Crippen LogP contribution in [0.2, 0.25) is 0 Å². The number of hydrogen-bond donors (Lipinski definition) is 2. The third kappa shape index (κ3) is 2.18. The molecule has 0 aromatic carbocycles.